The lowest BCUT2D eigenvalue weighted by Gasteiger charge is -2.15. The number of aromatic nitrogens is 2. The van der Waals surface area contributed by atoms with Crippen molar-refractivity contribution in [3.63, 3.8) is 0 Å². The molecule has 0 aliphatic carbocycles. The number of hydrogen-bond donors (Lipinski definition) is 2. The van der Waals surface area contributed by atoms with Crippen LogP contribution in [-0.2, 0) is 18.3 Å². The molecule has 1 heterocycles. The number of carboxylic acid groups (broad SMARTS) is 1. The summed E-state index contributed by atoms with van der Waals surface area (Å²) in [4.78, 5) is 23.3. The Bertz CT molecular complexity index is 722. The maximum absolute atomic E-state index is 12.5. The Balaban J connectivity index is 2.14. The van der Waals surface area contributed by atoms with Crippen molar-refractivity contribution in [1.82, 2.24) is 15.1 Å². The minimum atomic E-state index is -0.875. The molecule has 0 spiro atoms. The highest BCUT2D eigenvalue weighted by molar-refractivity contribution is 5.96. The highest BCUT2D eigenvalue weighted by Gasteiger charge is 2.17. The first-order valence-electron chi connectivity index (χ1n) is 7.49. The van der Waals surface area contributed by atoms with Crippen LogP contribution in [0.4, 0.5) is 0 Å². The third kappa shape index (κ3) is 4.18. The summed E-state index contributed by atoms with van der Waals surface area (Å²) in [5.74, 6) is -1.08. The van der Waals surface area contributed by atoms with Crippen molar-refractivity contribution in [3.05, 3.63) is 52.8 Å². The summed E-state index contributed by atoms with van der Waals surface area (Å²) < 4.78 is 1.72. The first-order valence-corrected chi connectivity index (χ1v) is 7.49. The summed E-state index contributed by atoms with van der Waals surface area (Å²) in [5, 5.41) is 16.1. The molecule has 1 atom stereocenters. The van der Waals surface area contributed by atoms with Crippen LogP contribution in [0.2, 0.25) is 0 Å². The van der Waals surface area contributed by atoms with Gasteiger partial charge in [-0.15, -0.1) is 0 Å². The summed E-state index contributed by atoms with van der Waals surface area (Å²) in [5.41, 5.74) is 3.09. The molecule has 0 aliphatic rings. The molecule has 0 saturated heterocycles. The van der Waals surface area contributed by atoms with E-state index in [-0.39, 0.29) is 18.4 Å². The van der Waals surface area contributed by atoms with Crippen molar-refractivity contribution in [2.75, 3.05) is 0 Å². The third-order valence-electron chi connectivity index (χ3n) is 3.74. The lowest BCUT2D eigenvalue weighted by Crippen LogP contribution is -2.27. The molecule has 2 aromatic rings. The third-order valence-corrected chi connectivity index (χ3v) is 3.74. The predicted octanol–water partition coefficient (Wildman–Crippen LogP) is 2.24. The van der Waals surface area contributed by atoms with E-state index in [0.717, 1.165) is 16.8 Å². The molecule has 1 amide bonds. The first kappa shape index (κ1) is 16.7. The van der Waals surface area contributed by atoms with Crippen molar-refractivity contribution in [2.24, 2.45) is 7.05 Å². The zero-order valence-electron chi connectivity index (χ0n) is 13.5. The molecule has 2 rings (SSSR count). The molecule has 0 aliphatic heterocycles. The standard InChI is InChI=1S/C17H21N3O3/c1-11(15-10-20(3)19-12(15)2)18-17(23)14-7-5-4-6-13(14)8-9-16(21)22/h4-7,10-11H,8-9H2,1-3H3,(H,18,23)(H,21,22). The van der Waals surface area contributed by atoms with E-state index in [0.29, 0.717) is 12.0 Å². The second-order valence-corrected chi connectivity index (χ2v) is 5.59. The molecule has 6 nitrogen and oxygen atoms in total. The molecule has 122 valence electrons. The molecule has 1 aromatic carbocycles. The van der Waals surface area contributed by atoms with Crippen LogP contribution in [-0.4, -0.2) is 26.8 Å². The average Bonchev–Trinajstić information content (AvgIpc) is 2.84. The minimum absolute atomic E-state index is 0.00155. The summed E-state index contributed by atoms with van der Waals surface area (Å²) in [6.07, 6.45) is 2.22. The van der Waals surface area contributed by atoms with E-state index in [9.17, 15) is 9.59 Å². The maximum Gasteiger partial charge on any atom is 0.303 e. The predicted molar refractivity (Wildman–Crippen MR) is 86.2 cm³/mol. The van der Waals surface area contributed by atoms with Crippen molar-refractivity contribution < 1.29 is 14.7 Å². The molecule has 0 bridgehead atoms. The zero-order chi connectivity index (χ0) is 17.0. The van der Waals surface area contributed by atoms with Gasteiger partial charge in [-0.2, -0.15) is 5.10 Å². The highest BCUT2D eigenvalue weighted by Crippen LogP contribution is 2.18. The van der Waals surface area contributed by atoms with Gasteiger partial charge < -0.3 is 10.4 Å². The van der Waals surface area contributed by atoms with Crippen LogP contribution < -0.4 is 5.32 Å². The summed E-state index contributed by atoms with van der Waals surface area (Å²) in [6, 6.07) is 6.92. The van der Waals surface area contributed by atoms with E-state index >= 15 is 0 Å². The zero-order valence-corrected chi connectivity index (χ0v) is 13.5. The van der Waals surface area contributed by atoms with E-state index in [1.54, 1.807) is 22.9 Å². The highest BCUT2D eigenvalue weighted by atomic mass is 16.4. The average molecular weight is 315 g/mol. The lowest BCUT2D eigenvalue weighted by atomic mass is 10.0. The Labute approximate surface area is 135 Å². The number of amides is 1. The largest absolute Gasteiger partial charge is 0.481 e. The quantitative estimate of drug-likeness (QED) is 0.856. The number of aliphatic carboxylic acids is 1. The van der Waals surface area contributed by atoms with Gasteiger partial charge >= 0.3 is 5.97 Å². The van der Waals surface area contributed by atoms with Gasteiger partial charge in [0.15, 0.2) is 0 Å². The van der Waals surface area contributed by atoms with Gasteiger partial charge in [0.05, 0.1) is 11.7 Å². The number of aryl methyl sites for hydroxylation is 3. The van der Waals surface area contributed by atoms with Crippen LogP contribution >= 0.6 is 0 Å². The number of carbonyl (C=O) groups excluding carboxylic acids is 1. The number of carbonyl (C=O) groups is 2. The van der Waals surface area contributed by atoms with E-state index in [4.69, 9.17) is 5.11 Å². The smallest absolute Gasteiger partial charge is 0.303 e. The van der Waals surface area contributed by atoms with E-state index in [1.165, 1.54) is 0 Å². The Hall–Kier alpha value is -2.63. The van der Waals surface area contributed by atoms with E-state index in [1.807, 2.05) is 33.2 Å². The number of benzene rings is 1. The van der Waals surface area contributed by atoms with Crippen LogP contribution in [0.15, 0.2) is 30.5 Å². The van der Waals surface area contributed by atoms with Crippen LogP contribution in [0.25, 0.3) is 0 Å². The molecule has 6 heteroatoms. The van der Waals surface area contributed by atoms with Crippen LogP contribution in [0.3, 0.4) is 0 Å². The number of carboxylic acids is 1. The second kappa shape index (κ2) is 7.09. The van der Waals surface area contributed by atoms with Gasteiger partial charge in [0, 0.05) is 30.8 Å². The van der Waals surface area contributed by atoms with Gasteiger partial charge in [0.25, 0.3) is 5.91 Å². The van der Waals surface area contributed by atoms with E-state index < -0.39 is 5.97 Å². The molecule has 0 saturated carbocycles. The van der Waals surface area contributed by atoms with E-state index in [2.05, 4.69) is 10.4 Å². The van der Waals surface area contributed by atoms with Crippen molar-refractivity contribution in [1.29, 1.82) is 0 Å². The molecular formula is C17H21N3O3. The summed E-state index contributed by atoms with van der Waals surface area (Å²) >= 11 is 0. The topological polar surface area (TPSA) is 84.2 Å². The second-order valence-electron chi connectivity index (χ2n) is 5.59. The van der Waals surface area contributed by atoms with Gasteiger partial charge in [-0.25, -0.2) is 0 Å². The van der Waals surface area contributed by atoms with Crippen molar-refractivity contribution in [3.8, 4) is 0 Å². The SMILES string of the molecule is Cc1nn(C)cc1C(C)NC(=O)c1ccccc1CCC(=O)O. The van der Waals surface area contributed by atoms with Crippen LogP contribution in [0.5, 0.6) is 0 Å². The summed E-state index contributed by atoms with van der Waals surface area (Å²) in [6.45, 7) is 3.81. The normalized spacial score (nSPS) is 12.0. The Morgan fingerprint density at radius 3 is 2.65 bits per heavy atom. The van der Waals surface area contributed by atoms with Crippen molar-refractivity contribution >= 4 is 11.9 Å². The molecule has 0 fully saturated rings. The molecule has 2 N–H and O–H groups in total. The minimum Gasteiger partial charge on any atom is -0.481 e. The summed E-state index contributed by atoms with van der Waals surface area (Å²) in [7, 11) is 1.84. The van der Waals surface area contributed by atoms with Gasteiger partial charge in [0.2, 0.25) is 0 Å². The maximum atomic E-state index is 12.5. The Morgan fingerprint density at radius 1 is 1.35 bits per heavy atom. The van der Waals surface area contributed by atoms with Crippen LogP contribution in [0.1, 0.15) is 46.6 Å². The van der Waals surface area contributed by atoms with Crippen LogP contribution in [0, 0.1) is 6.92 Å². The lowest BCUT2D eigenvalue weighted by molar-refractivity contribution is -0.136. The molecule has 1 unspecified atom stereocenters. The monoisotopic (exact) mass is 315 g/mol. The Kier molecular flexibility index (Phi) is 5.16. The van der Waals surface area contributed by atoms with Gasteiger partial charge in [-0.3, -0.25) is 14.3 Å². The number of nitrogens with zero attached hydrogens (tertiary/aromatic N) is 2. The van der Waals surface area contributed by atoms with Gasteiger partial charge in [-0.05, 0) is 31.9 Å². The molecule has 0 radical (unpaired) electrons. The molecule has 1 aromatic heterocycles. The molecular weight excluding hydrogens is 294 g/mol. The number of hydrogen-bond acceptors (Lipinski definition) is 3. The Morgan fingerprint density at radius 2 is 2.04 bits per heavy atom. The van der Waals surface area contributed by atoms with Crippen molar-refractivity contribution in [2.45, 2.75) is 32.7 Å². The van der Waals surface area contributed by atoms with Gasteiger partial charge in [0.1, 0.15) is 0 Å². The fourth-order valence-corrected chi connectivity index (χ4v) is 2.60. The number of rotatable bonds is 6. The fourth-order valence-electron chi connectivity index (χ4n) is 2.60. The fraction of sp³-hybridized carbons (Fsp3) is 0.353. The molecule has 23 heavy (non-hydrogen) atoms. The van der Waals surface area contributed by atoms with Gasteiger partial charge in [-0.1, -0.05) is 18.2 Å². The first-order chi connectivity index (χ1) is 10.9. The number of nitrogens with one attached hydrogen (secondary N) is 1.